The molecule has 0 bridgehead atoms. The van der Waals surface area contributed by atoms with Crippen LogP contribution < -0.4 is 20.1 Å². The van der Waals surface area contributed by atoms with Gasteiger partial charge >= 0.3 is 12.5 Å². The number of halogens is 6. The Labute approximate surface area is 228 Å². The number of aromatic nitrogens is 1. The number of oxime groups is 1. The number of ether oxygens (including phenoxy) is 3. The minimum Gasteiger partial charge on any atom is -0.395 e. The lowest BCUT2D eigenvalue weighted by molar-refractivity contribution is -0.286. The Morgan fingerprint density at radius 3 is 2.54 bits per heavy atom. The van der Waals surface area contributed by atoms with Gasteiger partial charge in [0, 0.05) is 17.1 Å². The van der Waals surface area contributed by atoms with Gasteiger partial charge in [-0.2, -0.15) is 13.2 Å². The average molecular weight is 600 g/mol. The number of alkyl halides is 5. The summed E-state index contributed by atoms with van der Waals surface area (Å²) in [6.45, 7) is 0.725. The predicted octanol–water partition coefficient (Wildman–Crippen LogP) is 4.88. The molecule has 2 amide bonds. The number of nitrogens with one attached hydrogen (secondary N) is 2. The van der Waals surface area contributed by atoms with Crippen molar-refractivity contribution < 1.29 is 55.0 Å². The summed E-state index contributed by atoms with van der Waals surface area (Å²) in [5.74, 6) is -4.81. The third-order valence-electron chi connectivity index (χ3n) is 6.19. The number of anilines is 2. The number of carbonyl (C=O) groups is 2. The Morgan fingerprint density at radius 1 is 1.02 bits per heavy atom. The molecule has 1 aromatic heterocycles. The standard InChI is InChI=1S/C24H14F6N4O6S/c25-13-2-1-9(3-12(13)23(26,27)28)31-20(35)10-4-16-17(39-24(29,30)38-16)5-14(10)32-21(36)15-8-41-22(33-15)19-11-6-37-7-18(11)40-34-19/h1-5,8,11,18H,6-7H2,(H,31,35)(H,32,36). The number of benzene rings is 2. The highest BCUT2D eigenvalue weighted by Gasteiger charge is 2.45. The molecule has 3 aliphatic heterocycles. The van der Waals surface area contributed by atoms with Crippen LogP contribution in [0.1, 0.15) is 31.4 Å². The van der Waals surface area contributed by atoms with Crippen LogP contribution in [-0.4, -0.2) is 48.1 Å². The number of thiazole rings is 1. The molecule has 4 heterocycles. The van der Waals surface area contributed by atoms with E-state index in [1.165, 1.54) is 5.38 Å². The van der Waals surface area contributed by atoms with Crippen LogP contribution in [0.4, 0.5) is 37.7 Å². The van der Waals surface area contributed by atoms with Gasteiger partial charge in [0.1, 0.15) is 22.2 Å². The van der Waals surface area contributed by atoms with Crippen molar-refractivity contribution in [3.8, 4) is 11.5 Å². The minimum atomic E-state index is -5.05. The molecule has 0 saturated carbocycles. The fourth-order valence-corrected chi connectivity index (χ4v) is 5.12. The summed E-state index contributed by atoms with van der Waals surface area (Å²) in [6, 6.07) is 3.43. The topological polar surface area (TPSA) is 120 Å². The van der Waals surface area contributed by atoms with E-state index < -0.39 is 58.4 Å². The first-order valence-electron chi connectivity index (χ1n) is 11.6. The maximum absolute atomic E-state index is 13.7. The quantitative estimate of drug-likeness (QED) is 0.401. The number of nitrogens with zero attached hydrogens (tertiary/aromatic N) is 2. The van der Waals surface area contributed by atoms with Crippen LogP contribution >= 0.6 is 11.3 Å². The molecule has 2 atom stereocenters. The molecule has 17 heteroatoms. The van der Waals surface area contributed by atoms with Crippen molar-refractivity contribution in [2.24, 2.45) is 11.1 Å². The van der Waals surface area contributed by atoms with Crippen LogP contribution in [0, 0.1) is 11.7 Å². The van der Waals surface area contributed by atoms with Gasteiger partial charge in [0.05, 0.1) is 35.9 Å². The van der Waals surface area contributed by atoms with Gasteiger partial charge in [0.25, 0.3) is 11.8 Å². The van der Waals surface area contributed by atoms with E-state index in [1.54, 1.807) is 0 Å². The fraction of sp³-hybridized carbons (Fsp3) is 0.250. The van der Waals surface area contributed by atoms with Crippen molar-refractivity contribution in [2.45, 2.75) is 18.6 Å². The molecule has 2 aromatic carbocycles. The number of rotatable bonds is 5. The first-order valence-corrected chi connectivity index (χ1v) is 12.5. The summed E-state index contributed by atoms with van der Waals surface area (Å²) in [6.07, 6.45) is -9.39. The monoisotopic (exact) mass is 600 g/mol. The summed E-state index contributed by atoms with van der Waals surface area (Å²) < 4.78 is 94.5. The molecule has 6 rings (SSSR count). The Balaban J connectivity index is 1.28. The summed E-state index contributed by atoms with van der Waals surface area (Å²) in [4.78, 5) is 35.7. The van der Waals surface area contributed by atoms with Crippen LogP contribution in [0.15, 0.2) is 40.9 Å². The smallest absolute Gasteiger partial charge is 0.395 e. The van der Waals surface area contributed by atoms with Gasteiger partial charge in [-0.15, -0.1) is 20.1 Å². The number of fused-ring (bicyclic) bond motifs is 2. The van der Waals surface area contributed by atoms with Gasteiger partial charge in [-0.1, -0.05) is 5.16 Å². The molecule has 3 aliphatic rings. The zero-order valence-corrected chi connectivity index (χ0v) is 20.9. The molecule has 10 nitrogen and oxygen atoms in total. The lowest BCUT2D eigenvalue weighted by Gasteiger charge is -2.14. The summed E-state index contributed by atoms with van der Waals surface area (Å²) in [7, 11) is 0. The van der Waals surface area contributed by atoms with E-state index in [0.29, 0.717) is 36.1 Å². The van der Waals surface area contributed by atoms with Crippen molar-refractivity contribution >= 4 is 40.2 Å². The lowest BCUT2D eigenvalue weighted by Crippen LogP contribution is -2.25. The molecular formula is C24H14F6N4O6S. The molecule has 0 aliphatic carbocycles. The van der Waals surface area contributed by atoms with Crippen molar-refractivity contribution in [3.63, 3.8) is 0 Å². The second kappa shape index (κ2) is 9.62. The molecule has 0 spiro atoms. The number of amides is 2. The van der Waals surface area contributed by atoms with Crippen LogP contribution in [0.25, 0.3) is 0 Å². The molecule has 41 heavy (non-hydrogen) atoms. The van der Waals surface area contributed by atoms with Crippen LogP contribution in [0.5, 0.6) is 11.5 Å². The SMILES string of the molecule is O=C(Nc1cc2c(cc1C(=O)Nc1ccc(F)c(C(F)(F)F)c1)OC(F)(F)O2)c1csc(C2=NOC3COCC23)n1. The predicted molar refractivity (Wildman–Crippen MR) is 128 cm³/mol. The largest absolute Gasteiger partial charge is 0.586 e. The van der Waals surface area contributed by atoms with E-state index in [1.807, 2.05) is 0 Å². The molecule has 214 valence electrons. The van der Waals surface area contributed by atoms with Crippen molar-refractivity contribution in [1.29, 1.82) is 0 Å². The molecule has 0 radical (unpaired) electrons. The maximum atomic E-state index is 13.7. The zero-order chi connectivity index (χ0) is 29.1. The van der Waals surface area contributed by atoms with Crippen molar-refractivity contribution in [3.05, 3.63) is 63.4 Å². The molecule has 3 aromatic rings. The van der Waals surface area contributed by atoms with E-state index in [9.17, 15) is 35.9 Å². The van der Waals surface area contributed by atoms with Crippen LogP contribution in [-0.2, 0) is 15.8 Å². The number of hydrogen-bond donors (Lipinski definition) is 2. The number of carbonyl (C=O) groups excluding carboxylic acids is 2. The van der Waals surface area contributed by atoms with Crippen LogP contribution in [0.3, 0.4) is 0 Å². The fourth-order valence-electron chi connectivity index (χ4n) is 4.27. The number of hydrogen-bond acceptors (Lipinski definition) is 9. The van der Waals surface area contributed by atoms with E-state index in [-0.39, 0.29) is 23.4 Å². The summed E-state index contributed by atoms with van der Waals surface area (Å²) in [5, 5.41) is 10.3. The third kappa shape index (κ3) is 5.13. The van der Waals surface area contributed by atoms with E-state index in [4.69, 9.17) is 9.57 Å². The average Bonchev–Trinajstić information content (AvgIpc) is 3.66. The van der Waals surface area contributed by atoms with E-state index in [0.717, 1.165) is 29.5 Å². The van der Waals surface area contributed by atoms with Gasteiger partial charge in [0.15, 0.2) is 17.6 Å². The minimum absolute atomic E-state index is 0.113. The Hall–Kier alpha value is -4.38. The van der Waals surface area contributed by atoms with Crippen molar-refractivity contribution in [2.75, 3.05) is 23.8 Å². The van der Waals surface area contributed by atoms with Gasteiger partial charge in [-0.25, -0.2) is 9.37 Å². The summed E-state index contributed by atoms with van der Waals surface area (Å²) >= 11 is 1.09. The highest BCUT2D eigenvalue weighted by molar-refractivity contribution is 7.12. The molecule has 2 unspecified atom stereocenters. The van der Waals surface area contributed by atoms with Gasteiger partial charge < -0.3 is 29.7 Å². The Bertz CT molecular complexity index is 1610. The van der Waals surface area contributed by atoms with E-state index >= 15 is 0 Å². The van der Waals surface area contributed by atoms with Crippen molar-refractivity contribution in [1.82, 2.24) is 4.98 Å². The van der Waals surface area contributed by atoms with Gasteiger partial charge in [0.2, 0.25) is 0 Å². The second-order valence-corrected chi connectivity index (χ2v) is 9.77. The van der Waals surface area contributed by atoms with Gasteiger partial charge in [-0.3, -0.25) is 9.59 Å². The summed E-state index contributed by atoms with van der Waals surface area (Å²) in [5.41, 5.74) is -2.54. The first kappa shape index (κ1) is 26.8. The maximum Gasteiger partial charge on any atom is 0.586 e. The third-order valence-corrected chi connectivity index (χ3v) is 7.05. The van der Waals surface area contributed by atoms with Crippen LogP contribution in [0.2, 0.25) is 0 Å². The molecule has 2 N–H and O–H groups in total. The van der Waals surface area contributed by atoms with E-state index in [2.05, 4.69) is 30.2 Å². The highest BCUT2D eigenvalue weighted by atomic mass is 32.1. The molecule has 1 saturated heterocycles. The first-order chi connectivity index (χ1) is 19.4. The second-order valence-electron chi connectivity index (χ2n) is 8.91. The highest BCUT2D eigenvalue weighted by Crippen LogP contribution is 2.44. The lowest BCUT2D eigenvalue weighted by atomic mass is 10.0. The molecular weight excluding hydrogens is 586 g/mol. The Kier molecular flexibility index (Phi) is 6.29. The Morgan fingerprint density at radius 2 is 1.78 bits per heavy atom. The molecule has 1 fully saturated rings. The van der Waals surface area contributed by atoms with Gasteiger partial charge in [-0.05, 0) is 24.3 Å². The zero-order valence-electron chi connectivity index (χ0n) is 20.1. The normalized spacial score (nSPS) is 20.3.